The van der Waals surface area contributed by atoms with Crippen LogP contribution in [0.15, 0.2) is 36.4 Å². The fourth-order valence-corrected chi connectivity index (χ4v) is 3.47. The first-order valence-electron chi connectivity index (χ1n) is 8.47. The number of nitrogens with zero attached hydrogens (tertiary/aromatic N) is 1. The minimum absolute atomic E-state index is 0.308. The molecule has 1 fully saturated rings. The minimum Gasteiger partial charge on any atom is -0.494 e. The lowest BCUT2D eigenvalue weighted by Gasteiger charge is -2.31. The third-order valence-corrected chi connectivity index (χ3v) is 4.62. The fraction of sp³-hybridized carbons (Fsp3) is 0.526. The van der Waals surface area contributed by atoms with E-state index in [0.717, 1.165) is 44.5 Å². The van der Waals surface area contributed by atoms with Crippen LogP contribution in [0.3, 0.4) is 0 Å². The second-order valence-corrected chi connectivity index (χ2v) is 6.26. The second kappa shape index (κ2) is 6.99. The van der Waals surface area contributed by atoms with Crippen LogP contribution >= 0.6 is 0 Å². The maximum absolute atomic E-state index is 12.5. The predicted molar refractivity (Wildman–Crippen MR) is 88.0 cm³/mol. The van der Waals surface area contributed by atoms with Crippen molar-refractivity contribution >= 4 is 5.91 Å². The summed E-state index contributed by atoms with van der Waals surface area (Å²) < 4.78 is 5.58. The van der Waals surface area contributed by atoms with E-state index in [1.807, 2.05) is 12.1 Å². The van der Waals surface area contributed by atoms with E-state index in [9.17, 15) is 4.79 Å². The van der Waals surface area contributed by atoms with Crippen molar-refractivity contribution in [2.75, 3.05) is 6.61 Å². The van der Waals surface area contributed by atoms with Crippen molar-refractivity contribution in [3.63, 3.8) is 0 Å². The van der Waals surface area contributed by atoms with E-state index >= 15 is 0 Å². The summed E-state index contributed by atoms with van der Waals surface area (Å²) in [6, 6.07) is 8.96. The van der Waals surface area contributed by atoms with Crippen molar-refractivity contribution in [2.24, 2.45) is 0 Å². The van der Waals surface area contributed by atoms with Crippen LogP contribution in [0.1, 0.15) is 44.6 Å². The van der Waals surface area contributed by atoms with Gasteiger partial charge in [0.05, 0.1) is 12.6 Å². The first kappa shape index (κ1) is 15.1. The molecule has 1 amide bonds. The van der Waals surface area contributed by atoms with Gasteiger partial charge < -0.3 is 9.64 Å². The Kier molecular flexibility index (Phi) is 4.81. The zero-order valence-electron chi connectivity index (χ0n) is 13.3. The molecule has 3 rings (SSSR count). The van der Waals surface area contributed by atoms with Crippen molar-refractivity contribution in [1.29, 1.82) is 0 Å². The third-order valence-electron chi connectivity index (χ3n) is 4.62. The normalized spacial score (nSPS) is 22.9. The summed E-state index contributed by atoms with van der Waals surface area (Å²) in [5, 5.41) is 0. The van der Waals surface area contributed by atoms with Crippen molar-refractivity contribution in [1.82, 2.24) is 4.90 Å². The third kappa shape index (κ3) is 3.34. The Morgan fingerprint density at radius 1 is 1.27 bits per heavy atom. The fourth-order valence-electron chi connectivity index (χ4n) is 3.47. The van der Waals surface area contributed by atoms with E-state index in [2.05, 4.69) is 36.1 Å². The molecule has 2 bridgehead atoms. The van der Waals surface area contributed by atoms with Gasteiger partial charge in [-0.2, -0.15) is 0 Å². The number of fused-ring (bicyclic) bond motifs is 2. The summed E-state index contributed by atoms with van der Waals surface area (Å²) in [7, 11) is 0. The van der Waals surface area contributed by atoms with Crippen molar-refractivity contribution in [3.8, 4) is 5.75 Å². The Balaban J connectivity index is 1.52. The minimum atomic E-state index is 0.308. The summed E-state index contributed by atoms with van der Waals surface area (Å²) in [6.07, 6.45) is 10.2. The Morgan fingerprint density at radius 2 is 2.09 bits per heavy atom. The number of benzene rings is 1. The van der Waals surface area contributed by atoms with Gasteiger partial charge in [0.2, 0.25) is 5.91 Å². The zero-order chi connectivity index (χ0) is 15.4. The molecule has 2 heterocycles. The standard InChI is InChI=1S/C19H25NO2/c1-2-14-22-18-11-6-15(7-12-18)8-13-19(21)20-16-4-3-5-17(20)10-9-16/h3-4,6-7,11-12,16-17H,2,5,8-10,13-14H2,1H3. The van der Waals surface area contributed by atoms with Gasteiger partial charge in [-0.05, 0) is 49.8 Å². The Bertz CT molecular complexity index is 535. The number of aryl methyl sites for hydroxylation is 1. The van der Waals surface area contributed by atoms with Gasteiger partial charge in [-0.1, -0.05) is 31.2 Å². The zero-order valence-corrected chi connectivity index (χ0v) is 13.3. The van der Waals surface area contributed by atoms with Crippen LogP contribution in [0.25, 0.3) is 0 Å². The maximum atomic E-state index is 12.5. The van der Waals surface area contributed by atoms with Crippen LogP contribution in [0.4, 0.5) is 0 Å². The van der Waals surface area contributed by atoms with Gasteiger partial charge >= 0.3 is 0 Å². The van der Waals surface area contributed by atoms with Gasteiger partial charge in [-0.15, -0.1) is 0 Å². The summed E-state index contributed by atoms with van der Waals surface area (Å²) in [5.74, 6) is 1.22. The van der Waals surface area contributed by atoms with Gasteiger partial charge in [0.1, 0.15) is 5.75 Å². The molecule has 3 nitrogen and oxygen atoms in total. The first-order valence-corrected chi connectivity index (χ1v) is 8.47. The van der Waals surface area contributed by atoms with Crippen LogP contribution in [0, 0.1) is 0 Å². The Hall–Kier alpha value is -1.77. The highest BCUT2D eigenvalue weighted by Gasteiger charge is 2.36. The quantitative estimate of drug-likeness (QED) is 0.749. The maximum Gasteiger partial charge on any atom is 0.223 e. The lowest BCUT2D eigenvalue weighted by atomic mass is 10.1. The molecule has 1 aromatic rings. The van der Waals surface area contributed by atoms with Gasteiger partial charge in [-0.3, -0.25) is 4.79 Å². The largest absolute Gasteiger partial charge is 0.494 e. The van der Waals surface area contributed by atoms with E-state index < -0.39 is 0 Å². The molecule has 0 spiro atoms. The van der Waals surface area contributed by atoms with Crippen LogP contribution in [-0.2, 0) is 11.2 Å². The molecule has 2 aliphatic rings. The van der Waals surface area contributed by atoms with E-state index in [1.165, 1.54) is 5.56 Å². The number of ether oxygens (including phenoxy) is 1. The van der Waals surface area contributed by atoms with Crippen molar-refractivity contribution in [3.05, 3.63) is 42.0 Å². The highest BCUT2D eigenvalue weighted by Crippen LogP contribution is 2.32. The summed E-state index contributed by atoms with van der Waals surface area (Å²) in [6.45, 7) is 2.85. The van der Waals surface area contributed by atoms with Gasteiger partial charge in [0, 0.05) is 12.5 Å². The smallest absolute Gasteiger partial charge is 0.223 e. The molecule has 3 heteroatoms. The number of hydrogen-bond donors (Lipinski definition) is 0. The topological polar surface area (TPSA) is 29.5 Å². The number of hydrogen-bond acceptors (Lipinski definition) is 2. The lowest BCUT2D eigenvalue weighted by molar-refractivity contribution is -0.133. The van der Waals surface area contributed by atoms with E-state index in [1.54, 1.807) is 0 Å². The number of carbonyl (C=O) groups is 1. The molecule has 2 unspecified atom stereocenters. The lowest BCUT2D eigenvalue weighted by Crippen LogP contribution is -2.42. The molecule has 1 aromatic carbocycles. The average molecular weight is 299 g/mol. The Labute approximate surface area is 133 Å². The van der Waals surface area contributed by atoms with E-state index in [0.29, 0.717) is 24.4 Å². The molecule has 0 radical (unpaired) electrons. The number of carbonyl (C=O) groups excluding carboxylic acids is 1. The predicted octanol–water partition coefficient (Wildman–Crippen LogP) is 3.73. The van der Waals surface area contributed by atoms with Crippen LogP contribution in [-0.4, -0.2) is 29.5 Å². The summed E-state index contributed by atoms with van der Waals surface area (Å²) in [4.78, 5) is 14.6. The molecule has 0 N–H and O–H groups in total. The van der Waals surface area contributed by atoms with Gasteiger partial charge in [0.25, 0.3) is 0 Å². The van der Waals surface area contributed by atoms with Crippen LogP contribution in [0.5, 0.6) is 5.75 Å². The van der Waals surface area contributed by atoms with Crippen molar-refractivity contribution < 1.29 is 9.53 Å². The molecule has 118 valence electrons. The van der Waals surface area contributed by atoms with Crippen molar-refractivity contribution in [2.45, 2.75) is 57.5 Å². The molecular formula is C19H25NO2. The van der Waals surface area contributed by atoms with Gasteiger partial charge in [-0.25, -0.2) is 0 Å². The number of rotatable bonds is 6. The first-order chi connectivity index (χ1) is 10.8. The molecule has 2 aliphatic heterocycles. The van der Waals surface area contributed by atoms with Gasteiger partial charge in [0.15, 0.2) is 0 Å². The summed E-state index contributed by atoms with van der Waals surface area (Å²) in [5.41, 5.74) is 1.21. The number of amides is 1. The molecule has 22 heavy (non-hydrogen) atoms. The highest BCUT2D eigenvalue weighted by molar-refractivity contribution is 5.78. The molecule has 2 atom stereocenters. The second-order valence-electron chi connectivity index (χ2n) is 6.26. The highest BCUT2D eigenvalue weighted by atomic mass is 16.5. The summed E-state index contributed by atoms with van der Waals surface area (Å²) >= 11 is 0. The Morgan fingerprint density at radius 3 is 2.82 bits per heavy atom. The van der Waals surface area contributed by atoms with Crippen LogP contribution < -0.4 is 4.74 Å². The SMILES string of the molecule is CCCOc1ccc(CCC(=O)N2C3C=CCC2CC3)cc1. The monoisotopic (exact) mass is 299 g/mol. The molecule has 1 saturated heterocycles. The van der Waals surface area contributed by atoms with Crippen LogP contribution in [0.2, 0.25) is 0 Å². The average Bonchev–Trinajstić information content (AvgIpc) is 2.81. The molecule has 0 aromatic heterocycles. The molecular weight excluding hydrogens is 274 g/mol. The molecule has 0 aliphatic carbocycles. The van der Waals surface area contributed by atoms with E-state index in [4.69, 9.17) is 4.74 Å². The molecule has 0 saturated carbocycles. The van der Waals surface area contributed by atoms with E-state index in [-0.39, 0.29) is 0 Å².